The molecule has 116 valence electrons. The second-order valence-electron chi connectivity index (χ2n) is 5.54. The Bertz CT molecular complexity index is 441. The molecule has 1 aliphatic rings. The van der Waals surface area contributed by atoms with Crippen molar-refractivity contribution in [2.24, 2.45) is 5.92 Å². The minimum absolute atomic E-state index is 0.258. The van der Waals surface area contributed by atoms with Gasteiger partial charge in [-0.1, -0.05) is 0 Å². The third-order valence-corrected chi connectivity index (χ3v) is 3.87. The van der Waals surface area contributed by atoms with E-state index in [9.17, 15) is 9.18 Å². The number of halogens is 1. The highest BCUT2D eigenvalue weighted by atomic mass is 19.1. The summed E-state index contributed by atoms with van der Waals surface area (Å²) in [6.07, 6.45) is 3.14. The molecule has 0 aromatic heterocycles. The first-order valence-corrected chi connectivity index (χ1v) is 7.46. The Kier molecular flexibility index (Phi) is 5.99. The molecular weight excluding hydrogens is 273 g/mol. The van der Waals surface area contributed by atoms with Crippen LogP contribution in [-0.4, -0.2) is 42.2 Å². The molecule has 4 nitrogen and oxygen atoms in total. The molecule has 0 saturated carbocycles. The van der Waals surface area contributed by atoms with E-state index in [1.54, 1.807) is 12.1 Å². The van der Waals surface area contributed by atoms with Gasteiger partial charge < -0.3 is 14.7 Å². The largest absolute Gasteiger partial charge is 0.494 e. The Hall–Kier alpha value is -1.62. The first-order valence-electron chi connectivity index (χ1n) is 7.46. The van der Waals surface area contributed by atoms with Crippen LogP contribution in [0.2, 0.25) is 0 Å². The van der Waals surface area contributed by atoms with Crippen LogP contribution in [0.3, 0.4) is 0 Å². The van der Waals surface area contributed by atoms with E-state index in [2.05, 4.69) is 4.90 Å². The number of carboxylic acid groups (broad SMARTS) is 1. The highest BCUT2D eigenvalue weighted by Gasteiger charge is 2.20. The third-order valence-electron chi connectivity index (χ3n) is 3.87. The predicted molar refractivity (Wildman–Crippen MR) is 77.9 cm³/mol. The monoisotopic (exact) mass is 295 g/mol. The van der Waals surface area contributed by atoms with Crippen LogP contribution in [-0.2, 0) is 4.79 Å². The SMILES string of the molecule is O=C(O)CC1CCN(CCCOc2ccc(F)cc2)CC1. The van der Waals surface area contributed by atoms with Crippen molar-refractivity contribution in [3.05, 3.63) is 30.1 Å². The molecule has 0 spiro atoms. The van der Waals surface area contributed by atoms with Gasteiger partial charge in [0.2, 0.25) is 0 Å². The van der Waals surface area contributed by atoms with E-state index in [4.69, 9.17) is 9.84 Å². The fourth-order valence-corrected chi connectivity index (χ4v) is 2.67. The average molecular weight is 295 g/mol. The molecule has 1 aromatic rings. The molecule has 1 N–H and O–H groups in total. The van der Waals surface area contributed by atoms with Gasteiger partial charge >= 0.3 is 5.97 Å². The van der Waals surface area contributed by atoms with Gasteiger partial charge in [0.25, 0.3) is 0 Å². The lowest BCUT2D eigenvalue weighted by atomic mass is 9.93. The zero-order valence-corrected chi connectivity index (χ0v) is 12.1. The Morgan fingerprint density at radius 2 is 1.95 bits per heavy atom. The Morgan fingerprint density at radius 1 is 1.29 bits per heavy atom. The van der Waals surface area contributed by atoms with Crippen molar-refractivity contribution < 1.29 is 19.0 Å². The maximum Gasteiger partial charge on any atom is 0.303 e. The molecule has 0 aliphatic carbocycles. The molecule has 1 saturated heterocycles. The molecule has 0 unspecified atom stereocenters. The molecule has 1 aliphatic heterocycles. The quantitative estimate of drug-likeness (QED) is 0.786. The van der Waals surface area contributed by atoms with Gasteiger partial charge in [-0.2, -0.15) is 0 Å². The minimum Gasteiger partial charge on any atom is -0.494 e. The molecule has 5 heteroatoms. The molecule has 1 aromatic carbocycles. The van der Waals surface area contributed by atoms with Gasteiger partial charge in [0.1, 0.15) is 11.6 Å². The van der Waals surface area contributed by atoms with Crippen LogP contribution in [0.4, 0.5) is 4.39 Å². The molecule has 1 heterocycles. The summed E-state index contributed by atoms with van der Waals surface area (Å²) in [7, 11) is 0. The van der Waals surface area contributed by atoms with Crippen molar-refractivity contribution in [2.45, 2.75) is 25.7 Å². The second kappa shape index (κ2) is 7.98. The standard InChI is InChI=1S/C16H22FNO3/c17-14-2-4-15(5-3-14)21-11-1-8-18-9-6-13(7-10-18)12-16(19)20/h2-5,13H,1,6-12H2,(H,19,20). The molecule has 0 amide bonds. The van der Waals surface area contributed by atoms with E-state index in [1.807, 2.05) is 0 Å². The van der Waals surface area contributed by atoms with E-state index < -0.39 is 5.97 Å². The molecule has 0 atom stereocenters. The zero-order valence-electron chi connectivity index (χ0n) is 12.1. The molecule has 2 rings (SSSR count). The van der Waals surface area contributed by atoms with Crippen molar-refractivity contribution in [3.8, 4) is 5.75 Å². The van der Waals surface area contributed by atoms with Crippen LogP contribution in [0.1, 0.15) is 25.7 Å². The number of ether oxygens (including phenoxy) is 1. The van der Waals surface area contributed by atoms with E-state index in [0.29, 0.717) is 24.7 Å². The number of hydrogen-bond donors (Lipinski definition) is 1. The predicted octanol–water partition coefficient (Wildman–Crippen LogP) is 2.78. The summed E-state index contributed by atoms with van der Waals surface area (Å²) in [6, 6.07) is 6.05. The summed E-state index contributed by atoms with van der Waals surface area (Å²) in [6.45, 7) is 3.50. The number of carbonyl (C=O) groups is 1. The van der Waals surface area contributed by atoms with Gasteiger partial charge in [-0.3, -0.25) is 4.79 Å². The number of benzene rings is 1. The van der Waals surface area contributed by atoms with Crippen molar-refractivity contribution in [1.29, 1.82) is 0 Å². The number of nitrogens with zero attached hydrogens (tertiary/aromatic N) is 1. The van der Waals surface area contributed by atoms with Crippen molar-refractivity contribution in [2.75, 3.05) is 26.2 Å². The molecule has 1 fully saturated rings. The summed E-state index contributed by atoms with van der Waals surface area (Å²) in [5, 5.41) is 8.78. The van der Waals surface area contributed by atoms with Gasteiger partial charge in [0.05, 0.1) is 6.61 Å². The van der Waals surface area contributed by atoms with E-state index >= 15 is 0 Å². The lowest BCUT2D eigenvalue weighted by Crippen LogP contribution is -2.35. The minimum atomic E-state index is -0.693. The molecule has 21 heavy (non-hydrogen) atoms. The first-order chi connectivity index (χ1) is 10.1. The van der Waals surface area contributed by atoms with Gasteiger partial charge in [0.15, 0.2) is 0 Å². The fourth-order valence-electron chi connectivity index (χ4n) is 2.67. The normalized spacial score (nSPS) is 16.8. The number of carboxylic acids is 1. The Labute approximate surface area is 124 Å². The number of rotatable bonds is 7. The van der Waals surface area contributed by atoms with Gasteiger partial charge in [-0.05, 0) is 62.5 Å². The van der Waals surface area contributed by atoms with Crippen molar-refractivity contribution in [1.82, 2.24) is 4.90 Å². The number of hydrogen-bond acceptors (Lipinski definition) is 3. The highest BCUT2D eigenvalue weighted by Crippen LogP contribution is 2.20. The van der Waals surface area contributed by atoms with E-state index in [1.165, 1.54) is 12.1 Å². The summed E-state index contributed by atoms with van der Waals surface area (Å²) in [5.74, 6) is 0.0681. The summed E-state index contributed by atoms with van der Waals surface area (Å²) >= 11 is 0. The summed E-state index contributed by atoms with van der Waals surface area (Å²) in [5.41, 5.74) is 0. The van der Waals surface area contributed by atoms with Crippen LogP contribution < -0.4 is 4.74 Å². The topological polar surface area (TPSA) is 49.8 Å². The van der Waals surface area contributed by atoms with Crippen LogP contribution in [0.5, 0.6) is 5.75 Å². The van der Waals surface area contributed by atoms with Crippen LogP contribution in [0.25, 0.3) is 0 Å². The summed E-state index contributed by atoms with van der Waals surface area (Å²) in [4.78, 5) is 13.0. The van der Waals surface area contributed by atoms with Gasteiger partial charge in [0, 0.05) is 13.0 Å². The lowest BCUT2D eigenvalue weighted by molar-refractivity contribution is -0.138. The highest BCUT2D eigenvalue weighted by molar-refractivity contribution is 5.67. The molecular formula is C16H22FNO3. The van der Waals surface area contributed by atoms with Crippen LogP contribution >= 0.6 is 0 Å². The fraction of sp³-hybridized carbons (Fsp3) is 0.562. The smallest absolute Gasteiger partial charge is 0.303 e. The number of aliphatic carboxylic acids is 1. The van der Waals surface area contributed by atoms with Crippen molar-refractivity contribution in [3.63, 3.8) is 0 Å². The zero-order chi connectivity index (χ0) is 15.1. The second-order valence-corrected chi connectivity index (χ2v) is 5.54. The van der Waals surface area contributed by atoms with Crippen LogP contribution in [0, 0.1) is 11.7 Å². The molecule has 0 radical (unpaired) electrons. The van der Waals surface area contributed by atoms with E-state index in [0.717, 1.165) is 38.9 Å². The lowest BCUT2D eigenvalue weighted by Gasteiger charge is -2.31. The van der Waals surface area contributed by atoms with Gasteiger partial charge in [-0.25, -0.2) is 4.39 Å². The average Bonchev–Trinajstić information content (AvgIpc) is 2.46. The Balaban J connectivity index is 1.57. The third kappa shape index (κ3) is 5.71. The summed E-state index contributed by atoms with van der Waals surface area (Å²) < 4.78 is 18.3. The van der Waals surface area contributed by atoms with Crippen LogP contribution in [0.15, 0.2) is 24.3 Å². The number of piperidine rings is 1. The van der Waals surface area contributed by atoms with Crippen molar-refractivity contribution >= 4 is 5.97 Å². The maximum atomic E-state index is 12.7. The van der Waals surface area contributed by atoms with Gasteiger partial charge in [-0.15, -0.1) is 0 Å². The Morgan fingerprint density at radius 3 is 2.57 bits per heavy atom. The molecule has 0 bridgehead atoms. The maximum absolute atomic E-state index is 12.7. The number of likely N-dealkylation sites (tertiary alicyclic amines) is 1. The van der Waals surface area contributed by atoms with E-state index in [-0.39, 0.29) is 5.82 Å². The first kappa shape index (κ1) is 15.8.